The molecule has 0 radical (unpaired) electrons. The van der Waals surface area contributed by atoms with Crippen molar-refractivity contribution in [3.8, 4) is 6.07 Å². The van der Waals surface area contributed by atoms with E-state index in [1.165, 1.54) is 0 Å². The first-order chi connectivity index (χ1) is 17.2. The van der Waals surface area contributed by atoms with Crippen LogP contribution in [0.3, 0.4) is 0 Å². The van der Waals surface area contributed by atoms with Crippen molar-refractivity contribution < 1.29 is 17.6 Å². The molecule has 3 heterocycles. The van der Waals surface area contributed by atoms with E-state index in [2.05, 4.69) is 40.2 Å². The number of nitriles is 1. The van der Waals surface area contributed by atoms with Gasteiger partial charge in [0.1, 0.15) is 11.5 Å². The lowest BCUT2D eigenvalue weighted by Crippen LogP contribution is -2.34. The molecule has 0 unspecified atom stereocenters. The molecule has 3 aliphatic rings. The number of halogens is 3. The maximum Gasteiger partial charge on any atom is 0.397 e. The van der Waals surface area contributed by atoms with Gasteiger partial charge in [0.05, 0.1) is 16.5 Å². The zero-order chi connectivity index (χ0) is 25.3. The number of hydrogen-bond acceptors (Lipinski definition) is 7. The molecule has 2 aromatic heterocycles. The van der Waals surface area contributed by atoms with Crippen molar-refractivity contribution >= 4 is 16.6 Å². The quantitative estimate of drug-likeness (QED) is 0.514. The number of piperidine rings is 1. The van der Waals surface area contributed by atoms with Gasteiger partial charge in [-0.3, -0.25) is 4.98 Å². The van der Waals surface area contributed by atoms with Crippen LogP contribution in [-0.2, 0) is 5.41 Å². The highest BCUT2D eigenvalue weighted by Gasteiger charge is 2.86. The van der Waals surface area contributed by atoms with E-state index in [-0.39, 0.29) is 31.3 Å². The van der Waals surface area contributed by atoms with Crippen molar-refractivity contribution in [2.45, 2.75) is 55.7 Å². The van der Waals surface area contributed by atoms with E-state index in [1.807, 2.05) is 0 Å². The molecular weight excluding hydrogens is 469 g/mol. The van der Waals surface area contributed by atoms with Crippen LogP contribution in [0.1, 0.15) is 55.4 Å². The largest absolute Gasteiger partial charge is 0.424 e. The van der Waals surface area contributed by atoms with Crippen LogP contribution in [0.4, 0.5) is 18.9 Å². The van der Waals surface area contributed by atoms with Crippen molar-refractivity contribution in [1.29, 1.82) is 5.26 Å². The molecule has 3 fully saturated rings. The Hall–Kier alpha value is -3.19. The lowest BCUT2D eigenvalue weighted by Gasteiger charge is -2.31. The van der Waals surface area contributed by atoms with Gasteiger partial charge >= 0.3 is 6.18 Å². The van der Waals surface area contributed by atoms with Crippen molar-refractivity contribution in [1.82, 2.24) is 20.1 Å². The molecular formula is C26H27F3N6O. The topological polar surface area (TPSA) is 82.1 Å². The number of fused-ring (bicyclic) bond motifs is 2. The fraction of sp³-hybridized carbons (Fsp3) is 0.538. The summed E-state index contributed by atoms with van der Waals surface area (Å²) in [5.41, 5.74) is -1.69. The molecule has 0 N–H and O–H groups in total. The fourth-order valence-corrected chi connectivity index (χ4v) is 6.53. The Balaban J connectivity index is 1.33. The monoisotopic (exact) mass is 496 g/mol. The van der Waals surface area contributed by atoms with Crippen LogP contribution in [0.5, 0.6) is 0 Å². The number of aromatic nitrogens is 3. The maximum absolute atomic E-state index is 14.5. The Morgan fingerprint density at radius 3 is 2.58 bits per heavy atom. The van der Waals surface area contributed by atoms with E-state index in [4.69, 9.17) is 4.42 Å². The molecule has 36 heavy (non-hydrogen) atoms. The Morgan fingerprint density at radius 2 is 1.89 bits per heavy atom. The van der Waals surface area contributed by atoms with E-state index in [0.717, 1.165) is 25.7 Å². The van der Waals surface area contributed by atoms with E-state index in [9.17, 15) is 18.4 Å². The number of hydrogen-bond donors (Lipinski definition) is 0. The number of rotatable bonds is 4. The molecule has 1 saturated heterocycles. The summed E-state index contributed by atoms with van der Waals surface area (Å²) in [5, 5.41) is 18.6. The van der Waals surface area contributed by atoms with Gasteiger partial charge in [-0.1, -0.05) is 0 Å². The molecule has 0 spiro atoms. The molecule has 10 heteroatoms. The van der Waals surface area contributed by atoms with Gasteiger partial charge in [-0.05, 0) is 70.5 Å². The SMILES string of the molecule is CN(C)C1CCC(c2nnc([C@]34CN(c5ccc(C#N)c6ncccc56)C[C@@]3(C(F)(F)F)C4)o2)CC1. The summed E-state index contributed by atoms with van der Waals surface area (Å²) in [6.45, 7) is -0.0739. The molecule has 2 aliphatic carbocycles. The van der Waals surface area contributed by atoms with E-state index in [0.29, 0.717) is 34.1 Å². The van der Waals surface area contributed by atoms with Gasteiger partial charge in [-0.2, -0.15) is 18.4 Å². The predicted molar refractivity (Wildman–Crippen MR) is 126 cm³/mol. The highest BCUT2D eigenvalue weighted by atomic mass is 19.4. The second-order valence-electron chi connectivity index (χ2n) is 10.8. The minimum absolute atomic E-state index is 0.0541. The lowest BCUT2D eigenvalue weighted by molar-refractivity contribution is -0.187. The van der Waals surface area contributed by atoms with Gasteiger partial charge in [0, 0.05) is 42.3 Å². The standard InChI is InChI=1S/C26H27F3N6O/c1-34(2)18-8-5-16(6-9-18)22-32-33-23(36-22)24-13-25(24,26(27,28)29)15-35(14-24)20-10-7-17(12-30)21-19(20)4-3-11-31-21/h3-4,7,10-11,16,18H,5-6,8-9,13-15H2,1-2H3/t16?,18?,24-,25-/m0/s1. The minimum atomic E-state index is -4.42. The van der Waals surface area contributed by atoms with Crippen molar-refractivity contribution in [3.05, 3.63) is 47.8 Å². The van der Waals surface area contributed by atoms with E-state index < -0.39 is 17.0 Å². The van der Waals surface area contributed by atoms with Crippen LogP contribution >= 0.6 is 0 Å². The van der Waals surface area contributed by atoms with Gasteiger partial charge in [-0.15, -0.1) is 10.2 Å². The Labute approximate surface area is 206 Å². The summed E-state index contributed by atoms with van der Waals surface area (Å²) in [7, 11) is 4.13. The average Bonchev–Trinajstić information content (AvgIpc) is 3.18. The molecule has 7 nitrogen and oxygen atoms in total. The van der Waals surface area contributed by atoms with Gasteiger partial charge in [-0.25, -0.2) is 0 Å². The van der Waals surface area contributed by atoms with Gasteiger partial charge < -0.3 is 14.2 Å². The summed E-state index contributed by atoms with van der Waals surface area (Å²) in [6, 6.07) is 9.48. The molecule has 0 amide bonds. The van der Waals surface area contributed by atoms with Crippen molar-refractivity contribution in [2.24, 2.45) is 5.41 Å². The smallest absolute Gasteiger partial charge is 0.397 e. The first-order valence-corrected chi connectivity index (χ1v) is 12.3. The second kappa shape index (κ2) is 7.90. The first kappa shape index (κ1) is 23.2. The second-order valence-corrected chi connectivity index (χ2v) is 10.8. The zero-order valence-corrected chi connectivity index (χ0v) is 20.2. The Kier molecular flexibility index (Phi) is 5.10. The zero-order valence-electron chi connectivity index (χ0n) is 20.2. The molecule has 0 bridgehead atoms. The third-order valence-corrected chi connectivity index (χ3v) is 8.69. The average molecular weight is 497 g/mol. The van der Waals surface area contributed by atoms with Crippen LogP contribution in [0.15, 0.2) is 34.9 Å². The van der Waals surface area contributed by atoms with Crippen LogP contribution in [0, 0.1) is 16.7 Å². The van der Waals surface area contributed by atoms with Crippen LogP contribution in [0.25, 0.3) is 10.9 Å². The predicted octanol–water partition coefficient (Wildman–Crippen LogP) is 4.79. The molecule has 6 rings (SSSR count). The molecule has 2 atom stereocenters. The van der Waals surface area contributed by atoms with Crippen LogP contribution in [-0.4, -0.2) is 59.5 Å². The summed E-state index contributed by atoms with van der Waals surface area (Å²) in [6.07, 6.45) is 0.888. The lowest BCUT2D eigenvalue weighted by atomic mass is 9.85. The molecule has 1 aliphatic heterocycles. The normalized spacial score (nSPS) is 30.0. The third kappa shape index (κ3) is 3.25. The fourth-order valence-electron chi connectivity index (χ4n) is 6.53. The molecule has 1 aromatic carbocycles. The number of alkyl halides is 3. The number of pyridine rings is 1. The number of anilines is 1. The maximum atomic E-state index is 14.5. The summed E-state index contributed by atoms with van der Waals surface area (Å²) in [4.78, 5) is 8.27. The Morgan fingerprint density at radius 1 is 1.11 bits per heavy atom. The van der Waals surface area contributed by atoms with E-state index in [1.54, 1.807) is 35.4 Å². The molecule has 3 aromatic rings. The van der Waals surface area contributed by atoms with E-state index >= 15 is 0 Å². The number of nitrogens with zero attached hydrogens (tertiary/aromatic N) is 6. The summed E-state index contributed by atoms with van der Waals surface area (Å²) in [5.74, 6) is 0.651. The first-order valence-electron chi connectivity index (χ1n) is 12.3. The Bertz CT molecular complexity index is 1360. The van der Waals surface area contributed by atoms with Gasteiger partial charge in [0.2, 0.25) is 11.8 Å². The molecule has 188 valence electrons. The summed E-state index contributed by atoms with van der Waals surface area (Å²) >= 11 is 0. The van der Waals surface area contributed by atoms with Crippen LogP contribution in [0.2, 0.25) is 0 Å². The molecule has 2 saturated carbocycles. The summed E-state index contributed by atoms with van der Waals surface area (Å²) < 4.78 is 49.7. The third-order valence-electron chi connectivity index (χ3n) is 8.69. The number of benzene rings is 1. The van der Waals surface area contributed by atoms with Gasteiger partial charge in [0.15, 0.2) is 0 Å². The van der Waals surface area contributed by atoms with Crippen molar-refractivity contribution in [3.63, 3.8) is 0 Å². The highest BCUT2D eigenvalue weighted by Crippen LogP contribution is 2.75. The van der Waals surface area contributed by atoms with Crippen LogP contribution < -0.4 is 4.90 Å². The highest BCUT2D eigenvalue weighted by molar-refractivity contribution is 5.95. The van der Waals surface area contributed by atoms with Gasteiger partial charge in [0.25, 0.3) is 0 Å². The minimum Gasteiger partial charge on any atom is -0.424 e. The van der Waals surface area contributed by atoms with Crippen molar-refractivity contribution in [2.75, 3.05) is 32.1 Å².